The van der Waals surface area contributed by atoms with Gasteiger partial charge in [-0.15, -0.1) is 0 Å². The molecule has 1 aliphatic heterocycles. The lowest BCUT2D eigenvalue weighted by molar-refractivity contribution is -0.0212. The molecule has 16 heavy (non-hydrogen) atoms. The normalized spacial score (nSPS) is 22.3. The highest BCUT2D eigenvalue weighted by atomic mass is 35.5. The Hall–Kier alpha value is -0.280. The summed E-state index contributed by atoms with van der Waals surface area (Å²) in [5, 5.41) is 1.24. The Bertz CT molecular complexity index is 370. The number of morpholine rings is 1. The van der Waals surface area contributed by atoms with Gasteiger partial charge in [0.25, 0.3) is 0 Å². The minimum atomic E-state index is 0.316. The summed E-state index contributed by atoms with van der Waals surface area (Å²) in [5.74, 6) is 0. The quantitative estimate of drug-likeness (QED) is 0.809. The van der Waals surface area contributed by atoms with E-state index in [1.54, 1.807) is 0 Å². The maximum absolute atomic E-state index is 5.99. The smallest absolute Gasteiger partial charge is 0.0674 e. The maximum Gasteiger partial charge on any atom is 0.0674 e. The molecule has 1 saturated heterocycles. The number of nitrogens with zero attached hydrogens (tertiary/aromatic N) is 1. The fraction of sp³-hybridized carbons (Fsp3) is 0.500. The van der Waals surface area contributed by atoms with E-state index in [1.807, 2.05) is 18.2 Å². The Morgan fingerprint density at radius 2 is 2.19 bits per heavy atom. The number of benzene rings is 1. The Kier molecular flexibility index (Phi) is 4.09. The number of halogens is 2. The summed E-state index contributed by atoms with van der Waals surface area (Å²) >= 11 is 11.9. The van der Waals surface area contributed by atoms with Crippen molar-refractivity contribution < 1.29 is 4.74 Å². The van der Waals surface area contributed by atoms with Crippen LogP contribution in [0.1, 0.15) is 12.5 Å². The van der Waals surface area contributed by atoms with E-state index in [4.69, 9.17) is 27.9 Å². The van der Waals surface area contributed by atoms with Gasteiger partial charge >= 0.3 is 0 Å². The second-order valence-corrected chi connectivity index (χ2v) is 4.98. The van der Waals surface area contributed by atoms with Crippen LogP contribution in [0.4, 0.5) is 0 Å². The van der Waals surface area contributed by atoms with Gasteiger partial charge in [0.2, 0.25) is 0 Å². The Balaban J connectivity index is 2.00. The molecule has 2 nitrogen and oxygen atoms in total. The van der Waals surface area contributed by atoms with Crippen LogP contribution in [0.25, 0.3) is 0 Å². The molecule has 1 fully saturated rings. The van der Waals surface area contributed by atoms with Crippen molar-refractivity contribution in [3.05, 3.63) is 33.8 Å². The second kappa shape index (κ2) is 5.37. The van der Waals surface area contributed by atoms with Crippen molar-refractivity contribution in [1.82, 2.24) is 4.90 Å². The number of hydrogen-bond donors (Lipinski definition) is 0. The van der Waals surface area contributed by atoms with Crippen LogP contribution in [0.2, 0.25) is 10.0 Å². The van der Waals surface area contributed by atoms with Gasteiger partial charge in [-0.1, -0.05) is 29.3 Å². The molecule has 1 heterocycles. The van der Waals surface area contributed by atoms with Crippen LogP contribution < -0.4 is 0 Å². The molecule has 0 radical (unpaired) electrons. The van der Waals surface area contributed by atoms with Crippen LogP contribution in [0.5, 0.6) is 0 Å². The van der Waals surface area contributed by atoms with E-state index in [0.29, 0.717) is 16.1 Å². The lowest BCUT2D eigenvalue weighted by Crippen LogP contribution is -2.40. The van der Waals surface area contributed by atoms with Gasteiger partial charge in [0.15, 0.2) is 0 Å². The lowest BCUT2D eigenvalue weighted by atomic mass is 10.2. The zero-order valence-corrected chi connectivity index (χ0v) is 10.8. The number of hydrogen-bond acceptors (Lipinski definition) is 2. The molecule has 2 rings (SSSR count). The van der Waals surface area contributed by atoms with Crippen molar-refractivity contribution in [3.63, 3.8) is 0 Å². The van der Waals surface area contributed by atoms with Gasteiger partial charge in [-0.05, 0) is 24.6 Å². The standard InChI is InChI=1S/C12H15Cl2NO/c1-9-7-15(4-5-16-9)8-10-2-3-11(13)12(14)6-10/h2-3,6,9H,4-5,7-8H2,1H3. The summed E-state index contributed by atoms with van der Waals surface area (Å²) < 4.78 is 5.50. The first-order valence-electron chi connectivity index (χ1n) is 5.43. The van der Waals surface area contributed by atoms with Crippen molar-refractivity contribution in [2.75, 3.05) is 19.7 Å². The first-order chi connectivity index (χ1) is 7.65. The molecule has 1 aromatic rings. The van der Waals surface area contributed by atoms with Gasteiger partial charge in [-0.3, -0.25) is 4.90 Å². The molecule has 0 N–H and O–H groups in total. The van der Waals surface area contributed by atoms with E-state index >= 15 is 0 Å². The zero-order valence-electron chi connectivity index (χ0n) is 9.25. The van der Waals surface area contributed by atoms with Crippen LogP contribution in [0.15, 0.2) is 18.2 Å². The minimum Gasteiger partial charge on any atom is -0.376 e. The summed E-state index contributed by atoms with van der Waals surface area (Å²) in [7, 11) is 0. The summed E-state index contributed by atoms with van der Waals surface area (Å²) in [6.45, 7) is 5.76. The largest absolute Gasteiger partial charge is 0.376 e. The second-order valence-electron chi connectivity index (χ2n) is 4.16. The topological polar surface area (TPSA) is 12.5 Å². The van der Waals surface area contributed by atoms with Crippen molar-refractivity contribution in [2.24, 2.45) is 0 Å². The van der Waals surface area contributed by atoms with Crippen LogP contribution in [0, 0.1) is 0 Å². The Morgan fingerprint density at radius 1 is 1.38 bits per heavy atom. The molecule has 4 heteroatoms. The molecule has 0 spiro atoms. The molecule has 1 unspecified atom stereocenters. The average Bonchev–Trinajstić information content (AvgIpc) is 2.24. The highest BCUT2D eigenvalue weighted by Crippen LogP contribution is 2.23. The van der Waals surface area contributed by atoms with Crippen molar-refractivity contribution in [3.8, 4) is 0 Å². The molecule has 88 valence electrons. The third-order valence-electron chi connectivity index (χ3n) is 2.72. The van der Waals surface area contributed by atoms with E-state index < -0.39 is 0 Å². The molecule has 1 atom stereocenters. The van der Waals surface area contributed by atoms with Crippen LogP contribution in [-0.2, 0) is 11.3 Å². The lowest BCUT2D eigenvalue weighted by Gasteiger charge is -2.31. The van der Waals surface area contributed by atoms with Crippen LogP contribution in [-0.4, -0.2) is 30.7 Å². The molecular weight excluding hydrogens is 245 g/mol. The van der Waals surface area contributed by atoms with Gasteiger partial charge in [0, 0.05) is 19.6 Å². The summed E-state index contributed by atoms with van der Waals surface area (Å²) in [5.41, 5.74) is 1.20. The Morgan fingerprint density at radius 3 is 2.88 bits per heavy atom. The van der Waals surface area contributed by atoms with E-state index in [1.165, 1.54) is 5.56 Å². The molecule has 0 amide bonds. The van der Waals surface area contributed by atoms with Crippen molar-refractivity contribution in [2.45, 2.75) is 19.6 Å². The third kappa shape index (κ3) is 3.11. The van der Waals surface area contributed by atoms with Gasteiger partial charge < -0.3 is 4.74 Å². The fourth-order valence-corrected chi connectivity index (χ4v) is 2.25. The molecule has 1 aliphatic rings. The van der Waals surface area contributed by atoms with E-state index in [2.05, 4.69) is 11.8 Å². The Labute approximate surface area is 106 Å². The molecule has 0 aromatic heterocycles. The van der Waals surface area contributed by atoms with Crippen LogP contribution >= 0.6 is 23.2 Å². The maximum atomic E-state index is 5.99. The van der Waals surface area contributed by atoms with Gasteiger partial charge in [0.1, 0.15) is 0 Å². The highest BCUT2D eigenvalue weighted by molar-refractivity contribution is 6.42. The van der Waals surface area contributed by atoms with Crippen LogP contribution in [0.3, 0.4) is 0 Å². The highest BCUT2D eigenvalue weighted by Gasteiger charge is 2.16. The SMILES string of the molecule is CC1CN(Cc2ccc(Cl)c(Cl)c2)CCO1. The number of ether oxygens (including phenoxy) is 1. The summed E-state index contributed by atoms with van der Waals surface area (Å²) in [6, 6.07) is 5.81. The molecule has 0 aliphatic carbocycles. The third-order valence-corrected chi connectivity index (χ3v) is 3.45. The van der Waals surface area contributed by atoms with Crippen molar-refractivity contribution in [1.29, 1.82) is 0 Å². The zero-order chi connectivity index (χ0) is 11.5. The van der Waals surface area contributed by atoms with Gasteiger partial charge in [-0.2, -0.15) is 0 Å². The molecular formula is C12H15Cl2NO. The van der Waals surface area contributed by atoms with Crippen molar-refractivity contribution >= 4 is 23.2 Å². The number of rotatable bonds is 2. The molecule has 0 saturated carbocycles. The van der Waals surface area contributed by atoms with E-state index in [-0.39, 0.29) is 0 Å². The predicted molar refractivity (Wildman–Crippen MR) is 67.2 cm³/mol. The molecule has 1 aromatic carbocycles. The minimum absolute atomic E-state index is 0.316. The summed E-state index contributed by atoms with van der Waals surface area (Å²) in [6.07, 6.45) is 0.316. The average molecular weight is 260 g/mol. The monoisotopic (exact) mass is 259 g/mol. The predicted octanol–water partition coefficient (Wildman–Crippen LogP) is 3.21. The molecule has 0 bridgehead atoms. The summed E-state index contributed by atoms with van der Waals surface area (Å²) in [4.78, 5) is 2.37. The van der Waals surface area contributed by atoms with Gasteiger partial charge in [0.05, 0.1) is 22.8 Å². The fourth-order valence-electron chi connectivity index (χ4n) is 1.93. The van der Waals surface area contributed by atoms with E-state index in [9.17, 15) is 0 Å². The van der Waals surface area contributed by atoms with Gasteiger partial charge in [-0.25, -0.2) is 0 Å². The van der Waals surface area contributed by atoms with E-state index in [0.717, 1.165) is 26.2 Å². The first-order valence-corrected chi connectivity index (χ1v) is 6.18. The first kappa shape index (κ1) is 12.2.